The average Bonchev–Trinajstić information content (AvgIpc) is 3.39. The lowest BCUT2D eigenvalue weighted by atomic mass is 10.1. The van der Waals surface area contributed by atoms with Gasteiger partial charge in [-0.15, -0.1) is 10.2 Å². The second kappa shape index (κ2) is 7.32. The van der Waals surface area contributed by atoms with Crippen LogP contribution in [0.2, 0.25) is 5.15 Å². The Kier molecular flexibility index (Phi) is 4.88. The van der Waals surface area contributed by atoms with Crippen LogP contribution in [-0.2, 0) is 0 Å². The fourth-order valence-corrected chi connectivity index (χ4v) is 3.13. The molecule has 0 radical (unpaired) electrons. The molecule has 3 aromatic rings. The standard InChI is InChI=1S/C19H14BrClN2O4/c1-10-3-2-4-12(11-5-6-11)17(10)27-18-14(9-16(21)22-23-18)26-19(24)13-7-8-15(20)25-13/h2-4,7-9,11H,5-6H2,1H3. The van der Waals surface area contributed by atoms with Gasteiger partial charge >= 0.3 is 5.97 Å². The number of carbonyl (C=O) groups excluding carboxylic acids is 1. The number of halogens is 2. The monoisotopic (exact) mass is 448 g/mol. The Morgan fingerprint density at radius 1 is 1.26 bits per heavy atom. The summed E-state index contributed by atoms with van der Waals surface area (Å²) in [7, 11) is 0. The number of hydrogen-bond acceptors (Lipinski definition) is 6. The van der Waals surface area contributed by atoms with Gasteiger partial charge in [-0.3, -0.25) is 0 Å². The first-order valence-corrected chi connectivity index (χ1v) is 9.46. The molecule has 1 fully saturated rings. The zero-order valence-corrected chi connectivity index (χ0v) is 16.6. The lowest BCUT2D eigenvalue weighted by molar-refractivity contribution is 0.0694. The number of para-hydroxylation sites is 1. The van der Waals surface area contributed by atoms with Crippen LogP contribution in [0.25, 0.3) is 0 Å². The Labute approximate surface area is 168 Å². The number of aryl methyl sites for hydroxylation is 1. The highest BCUT2D eigenvalue weighted by atomic mass is 79.9. The predicted molar refractivity (Wildman–Crippen MR) is 102 cm³/mol. The molecule has 1 aliphatic carbocycles. The van der Waals surface area contributed by atoms with Crippen LogP contribution in [0.5, 0.6) is 17.4 Å². The van der Waals surface area contributed by atoms with E-state index in [2.05, 4.69) is 26.1 Å². The summed E-state index contributed by atoms with van der Waals surface area (Å²) in [6, 6.07) is 10.5. The van der Waals surface area contributed by atoms with E-state index in [1.165, 1.54) is 12.1 Å². The van der Waals surface area contributed by atoms with Gasteiger partial charge in [0.1, 0.15) is 5.75 Å². The Morgan fingerprint density at radius 3 is 2.78 bits per heavy atom. The highest BCUT2D eigenvalue weighted by Crippen LogP contribution is 2.46. The van der Waals surface area contributed by atoms with Gasteiger partial charge in [-0.2, -0.15) is 0 Å². The van der Waals surface area contributed by atoms with E-state index in [9.17, 15) is 4.79 Å². The van der Waals surface area contributed by atoms with Crippen molar-refractivity contribution >= 4 is 33.5 Å². The lowest BCUT2D eigenvalue weighted by Gasteiger charge is -2.14. The molecule has 0 amide bonds. The van der Waals surface area contributed by atoms with Gasteiger partial charge in [0.05, 0.1) is 0 Å². The molecular formula is C19H14BrClN2O4. The molecule has 8 heteroatoms. The number of esters is 1. The van der Waals surface area contributed by atoms with Gasteiger partial charge in [-0.25, -0.2) is 4.79 Å². The molecule has 0 saturated heterocycles. The zero-order chi connectivity index (χ0) is 19.0. The van der Waals surface area contributed by atoms with Crippen LogP contribution in [0.4, 0.5) is 0 Å². The minimum atomic E-state index is -0.693. The summed E-state index contributed by atoms with van der Waals surface area (Å²) in [4.78, 5) is 12.3. The van der Waals surface area contributed by atoms with Gasteiger partial charge in [-0.1, -0.05) is 29.8 Å². The summed E-state index contributed by atoms with van der Waals surface area (Å²) >= 11 is 9.07. The van der Waals surface area contributed by atoms with Crippen molar-refractivity contribution in [2.45, 2.75) is 25.7 Å². The molecule has 2 aromatic heterocycles. The van der Waals surface area contributed by atoms with E-state index in [0.29, 0.717) is 16.3 Å². The van der Waals surface area contributed by atoms with Gasteiger partial charge in [0.15, 0.2) is 15.6 Å². The van der Waals surface area contributed by atoms with Crippen LogP contribution in [0, 0.1) is 6.92 Å². The number of ether oxygens (including phenoxy) is 2. The van der Waals surface area contributed by atoms with Gasteiger partial charge in [0.25, 0.3) is 5.88 Å². The minimum Gasteiger partial charge on any atom is -0.442 e. The molecule has 0 spiro atoms. The first kappa shape index (κ1) is 18.0. The van der Waals surface area contributed by atoms with Crippen LogP contribution in [-0.4, -0.2) is 16.2 Å². The molecule has 0 aliphatic heterocycles. The van der Waals surface area contributed by atoms with Crippen molar-refractivity contribution in [1.29, 1.82) is 0 Å². The maximum absolute atomic E-state index is 12.3. The quantitative estimate of drug-likeness (QED) is 0.466. The lowest BCUT2D eigenvalue weighted by Crippen LogP contribution is -2.09. The fourth-order valence-electron chi connectivity index (χ4n) is 2.69. The van der Waals surface area contributed by atoms with Crippen molar-refractivity contribution in [1.82, 2.24) is 10.2 Å². The first-order valence-electron chi connectivity index (χ1n) is 8.29. The number of nitrogens with zero attached hydrogens (tertiary/aromatic N) is 2. The van der Waals surface area contributed by atoms with Crippen molar-refractivity contribution in [3.8, 4) is 17.4 Å². The van der Waals surface area contributed by atoms with Crippen LogP contribution in [0.1, 0.15) is 40.4 Å². The number of aromatic nitrogens is 2. The van der Waals surface area contributed by atoms with E-state index in [4.69, 9.17) is 25.5 Å². The molecule has 0 atom stereocenters. The SMILES string of the molecule is Cc1cccc(C2CC2)c1Oc1nnc(Cl)cc1OC(=O)c1ccc(Br)o1. The zero-order valence-electron chi connectivity index (χ0n) is 14.2. The van der Waals surface area contributed by atoms with Crippen LogP contribution < -0.4 is 9.47 Å². The molecule has 2 heterocycles. The molecule has 0 N–H and O–H groups in total. The van der Waals surface area contributed by atoms with Gasteiger partial charge < -0.3 is 13.9 Å². The van der Waals surface area contributed by atoms with Crippen molar-refractivity contribution in [2.75, 3.05) is 0 Å². The van der Waals surface area contributed by atoms with Gasteiger partial charge in [-0.05, 0) is 64.9 Å². The summed E-state index contributed by atoms with van der Waals surface area (Å²) < 4.78 is 17.0. The molecule has 1 aromatic carbocycles. The number of hydrogen-bond donors (Lipinski definition) is 0. The summed E-state index contributed by atoms with van der Waals surface area (Å²) in [6.45, 7) is 1.95. The average molecular weight is 450 g/mol. The third kappa shape index (κ3) is 3.99. The fraction of sp³-hybridized carbons (Fsp3) is 0.211. The van der Waals surface area contributed by atoms with E-state index in [1.807, 2.05) is 25.1 Å². The molecular weight excluding hydrogens is 436 g/mol. The summed E-state index contributed by atoms with van der Waals surface area (Å²) in [5, 5.41) is 7.86. The van der Waals surface area contributed by atoms with E-state index < -0.39 is 5.97 Å². The number of carbonyl (C=O) groups is 1. The topological polar surface area (TPSA) is 74.5 Å². The molecule has 1 saturated carbocycles. The maximum Gasteiger partial charge on any atom is 0.379 e. The predicted octanol–water partition coefficient (Wildman–Crippen LogP) is 5.68. The number of furan rings is 1. The van der Waals surface area contributed by atoms with Crippen LogP contribution in [0.3, 0.4) is 0 Å². The molecule has 27 heavy (non-hydrogen) atoms. The number of rotatable bonds is 5. The maximum atomic E-state index is 12.3. The first-order chi connectivity index (χ1) is 13.0. The smallest absolute Gasteiger partial charge is 0.379 e. The normalized spacial score (nSPS) is 13.4. The molecule has 6 nitrogen and oxygen atoms in total. The van der Waals surface area contributed by atoms with E-state index >= 15 is 0 Å². The van der Waals surface area contributed by atoms with Crippen LogP contribution in [0.15, 0.2) is 45.5 Å². The molecule has 0 bridgehead atoms. The van der Waals surface area contributed by atoms with Crippen molar-refractivity contribution < 1.29 is 18.7 Å². The second-order valence-electron chi connectivity index (χ2n) is 6.20. The Balaban J connectivity index is 1.65. The molecule has 138 valence electrons. The Hall–Kier alpha value is -2.38. The van der Waals surface area contributed by atoms with Gasteiger partial charge in [0.2, 0.25) is 5.76 Å². The largest absolute Gasteiger partial charge is 0.442 e. The van der Waals surface area contributed by atoms with Crippen molar-refractivity contribution in [2.24, 2.45) is 0 Å². The Bertz CT molecular complexity index is 1020. The van der Waals surface area contributed by atoms with Crippen LogP contribution >= 0.6 is 27.5 Å². The Morgan fingerprint density at radius 2 is 2.07 bits per heavy atom. The highest BCUT2D eigenvalue weighted by Gasteiger charge is 2.28. The van der Waals surface area contributed by atoms with E-state index in [0.717, 1.165) is 24.0 Å². The number of benzene rings is 1. The highest BCUT2D eigenvalue weighted by molar-refractivity contribution is 9.10. The van der Waals surface area contributed by atoms with Gasteiger partial charge in [0, 0.05) is 6.07 Å². The third-order valence-corrected chi connectivity index (χ3v) is 4.74. The minimum absolute atomic E-state index is 0.0373. The van der Waals surface area contributed by atoms with E-state index in [1.54, 1.807) is 6.07 Å². The van der Waals surface area contributed by atoms with Crippen molar-refractivity contribution in [3.05, 3.63) is 63.1 Å². The molecule has 0 unspecified atom stereocenters. The summed E-state index contributed by atoms with van der Waals surface area (Å²) in [5.74, 6) is 0.658. The summed E-state index contributed by atoms with van der Waals surface area (Å²) in [5.41, 5.74) is 2.07. The van der Waals surface area contributed by atoms with Crippen molar-refractivity contribution in [3.63, 3.8) is 0 Å². The van der Waals surface area contributed by atoms with E-state index in [-0.39, 0.29) is 22.5 Å². The summed E-state index contributed by atoms with van der Waals surface area (Å²) in [6.07, 6.45) is 2.25. The second-order valence-corrected chi connectivity index (χ2v) is 7.37. The molecule has 4 rings (SSSR count). The molecule has 1 aliphatic rings. The third-order valence-electron chi connectivity index (χ3n) is 4.13.